The molecule has 2 bridgehead atoms. The van der Waals surface area contributed by atoms with Crippen LogP contribution in [-0.2, 0) is 4.79 Å². The van der Waals surface area contributed by atoms with Gasteiger partial charge < -0.3 is 20.1 Å². The van der Waals surface area contributed by atoms with Crippen LogP contribution in [0.5, 0.6) is 11.5 Å². The van der Waals surface area contributed by atoms with Gasteiger partial charge in [-0.2, -0.15) is 0 Å². The normalized spacial score (nSPS) is 21.8. The lowest BCUT2D eigenvalue weighted by Crippen LogP contribution is -2.51. The first kappa shape index (κ1) is 26.6. The van der Waals surface area contributed by atoms with Gasteiger partial charge in [0.1, 0.15) is 29.0 Å². The SMILES string of the molecule is O=C(O)C1C2CCC(CC2)C1Nc1cc(-c2ccc3c(c2)Oc2ccccc2C=C3)nc(-c2c[nH]c3c(F)cc(F)cc23)n1. The monoisotopic (exact) mass is 590 g/mol. The van der Waals surface area contributed by atoms with E-state index >= 15 is 0 Å². The van der Waals surface area contributed by atoms with Crippen molar-refractivity contribution >= 4 is 34.8 Å². The number of carboxylic acids is 1. The molecule has 4 aliphatic rings. The Morgan fingerprint density at radius 3 is 2.50 bits per heavy atom. The number of H-pyrrole nitrogens is 1. The van der Waals surface area contributed by atoms with E-state index in [4.69, 9.17) is 14.7 Å². The molecule has 2 aromatic heterocycles. The minimum absolute atomic E-state index is 0.119. The minimum Gasteiger partial charge on any atom is -0.481 e. The van der Waals surface area contributed by atoms with E-state index in [0.717, 1.165) is 54.2 Å². The van der Waals surface area contributed by atoms with Crippen molar-refractivity contribution in [3.05, 3.63) is 89.6 Å². The molecular weight excluding hydrogens is 562 g/mol. The van der Waals surface area contributed by atoms with Gasteiger partial charge in [-0.15, -0.1) is 0 Å². The Labute approximate surface area is 251 Å². The second-order valence-corrected chi connectivity index (χ2v) is 11.9. The summed E-state index contributed by atoms with van der Waals surface area (Å²) in [5, 5.41) is 14.0. The van der Waals surface area contributed by atoms with Crippen LogP contribution in [0.1, 0.15) is 36.8 Å². The van der Waals surface area contributed by atoms with Gasteiger partial charge in [-0.25, -0.2) is 18.7 Å². The summed E-state index contributed by atoms with van der Waals surface area (Å²) in [6.45, 7) is 0. The number of carboxylic acid groups (broad SMARTS) is 1. The molecule has 3 fully saturated rings. The predicted octanol–water partition coefficient (Wildman–Crippen LogP) is 8.15. The molecule has 9 heteroatoms. The van der Waals surface area contributed by atoms with E-state index in [1.807, 2.05) is 60.7 Å². The van der Waals surface area contributed by atoms with Gasteiger partial charge in [-0.05, 0) is 55.7 Å². The molecule has 2 unspecified atom stereocenters. The maximum atomic E-state index is 14.6. The Bertz CT molecular complexity index is 1980. The smallest absolute Gasteiger partial charge is 0.308 e. The first-order chi connectivity index (χ1) is 21.4. The van der Waals surface area contributed by atoms with Gasteiger partial charge in [0.05, 0.1) is 17.1 Å². The van der Waals surface area contributed by atoms with E-state index in [0.29, 0.717) is 28.2 Å². The average molecular weight is 591 g/mol. The van der Waals surface area contributed by atoms with Crippen LogP contribution in [-0.4, -0.2) is 32.1 Å². The van der Waals surface area contributed by atoms with Crippen LogP contribution in [0.4, 0.5) is 14.6 Å². The van der Waals surface area contributed by atoms with E-state index in [9.17, 15) is 18.7 Å². The van der Waals surface area contributed by atoms with Crippen LogP contribution in [0.2, 0.25) is 0 Å². The number of hydrogen-bond acceptors (Lipinski definition) is 5. The third-order valence-corrected chi connectivity index (χ3v) is 9.38. The maximum absolute atomic E-state index is 14.6. The molecular formula is C35H28F2N4O3. The Balaban J connectivity index is 1.25. The third-order valence-electron chi connectivity index (χ3n) is 9.38. The molecule has 2 atom stereocenters. The fraction of sp³-hybridized carbons (Fsp3) is 0.229. The molecule has 3 aliphatic carbocycles. The number of nitrogens with one attached hydrogen (secondary N) is 2. The Morgan fingerprint density at radius 1 is 0.909 bits per heavy atom. The van der Waals surface area contributed by atoms with Crippen LogP contribution in [0.15, 0.2) is 66.9 Å². The molecule has 3 saturated carbocycles. The standard InChI is InChI=1S/C35H28F2N4O3/c36-23-14-24-25(17-38-33(24)26(37)15-23)34-39-27(16-30(41-34)40-32-21-10-8-20(9-11-21)31(32)35(42)43)22-12-7-19-6-5-18-3-1-2-4-28(18)44-29(19)13-22/h1-7,12-17,20-21,31-32,38H,8-11H2,(H,42,43)(H,39,40,41). The van der Waals surface area contributed by atoms with E-state index in [-0.39, 0.29) is 29.2 Å². The number of benzene rings is 3. The number of rotatable bonds is 5. The molecule has 0 saturated heterocycles. The molecule has 0 spiro atoms. The summed E-state index contributed by atoms with van der Waals surface area (Å²) in [4.78, 5) is 24.9. The lowest BCUT2D eigenvalue weighted by atomic mass is 9.61. The quantitative estimate of drug-likeness (QED) is 0.187. The number of carbonyl (C=O) groups is 1. The summed E-state index contributed by atoms with van der Waals surface area (Å²) in [7, 11) is 0. The summed E-state index contributed by atoms with van der Waals surface area (Å²) >= 11 is 0. The Kier molecular flexibility index (Phi) is 6.22. The molecule has 0 radical (unpaired) electrons. The van der Waals surface area contributed by atoms with Gasteiger partial charge in [0.2, 0.25) is 0 Å². The van der Waals surface area contributed by atoms with Gasteiger partial charge in [0, 0.05) is 52.0 Å². The zero-order valence-corrected chi connectivity index (χ0v) is 23.6. The Hall–Kier alpha value is -5.05. The second kappa shape index (κ2) is 10.3. The van der Waals surface area contributed by atoms with Crippen LogP contribution in [0, 0.1) is 29.4 Å². The number of halogens is 2. The van der Waals surface area contributed by atoms with Crippen LogP contribution >= 0.6 is 0 Å². The van der Waals surface area contributed by atoms with Gasteiger partial charge in [-0.3, -0.25) is 4.79 Å². The maximum Gasteiger partial charge on any atom is 0.308 e. The number of hydrogen-bond donors (Lipinski definition) is 3. The van der Waals surface area contributed by atoms with Crippen molar-refractivity contribution in [3.8, 4) is 34.1 Å². The average Bonchev–Trinajstić information content (AvgIpc) is 3.36. The summed E-state index contributed by atoms with van der Waals surface area (Å²) < 4.78 is 35.2. The predicted molar refractivity (Wildman–Crippen MR) is 164 cm³/mol. The first-order valence-corrected chi connectivity index (χ1v) is 14.9. The lowest BCUT2D eigenvalue weighted by Gasteiger charge is -2.47. The molecule has 3 heterocycles. The molecule has 3 N–H and O–H groups in total. The highest BCUT2D eigenvalue weighted by Gasteiger charge is 2.47. The van der Waals surface area contributed by atoms with Crippen LogP contribution < -0.4 is 10.1 Å². The number of nitrogens with zero attached hydrogens (tertiary/aromatic N) is 2. The number of aromatic amines is 1. The van der Waals surface area contributed by atoms with Crippen molar-refractivity contribution in [2.75, 3.05) is 5.32 Å². The highest BCUT2D eigenvalue weighted by molar-refractivity contribution is 5.94. The van der Waals surface area contributed by atoms with Crippen LogP contribution in [0.3, 0.4) is 0 Å². The molecule has 0 amide bonds. The van der Waals surface area contributed by atoms with E-state index in [1.165, 1.54) is 6.07 Å². The zero-order chi connectivity index (χ0) is 29.9. The van der Waals surface area contributed by atoms with Gasteiger partial charge in [0.15, 0.2) is 5.82 Å². The zero-order valence-electron chi connectivity index (χ0n) is 23.6. The third kappa shape index (κ3) is 4.51. The molecule has 3 aromatic carbocycles. The van der Waals surface area contributed by atoms with E-state index in [1.54, 1.807) is 6.20 Å². The highest BCUT2D eigenvalue weighted by Crippen LogP contribution is 2.47. The van der Waals surface area contributed by atoms with Gasteiger partial charge >= 0.3 is 5.97 Å². The number of aliphatic carboxylic acids is 1. The van der Waals surface area contributed by atoms with Gasteiger partial charge in [0.25, 0.3) is 0 Å². The molecule has 9 rings (SSSR count). The topological polar surface area (TPSA) is 100 Å². The largest absolute Gasteiger partial charge is 0.481 e. The fourth-order valence-electron chi connectivity index (χ4n) is 7.24. The minimum atomic E-state index is -0.801. The molecule has 220 valence electrons. The number of anilines is 1. The van der Waals surface area contributed by atoms with Crippen molar-refractivity contribution in [3.63, 3.8) is 0 Å². The van der Waals surface area contributed by atoms with Crippen molar-refractivity contribution in [1.29, 1.82) is 0 Å². The summed E-state index contributed by atoms with van der Waals surface area (Å²) in [6, 6.07) is 17.2. The van der Waals surface area contributed by atoms with Gasteiger partial charge in [-0.1, -0.05) is 42.5 Å². The molecule has 1 aliphatic heterocycles. The highest BCUT2D eigenvalue weighted by atomic mass is 19.1. The molecule has 44 heavy (non-hydrogen) atoms. The number of fused-ring (bicyclic) bond motifs is 6. The summed E-state index contributed by atoms with van der Waals surface area (Å²) in [6.07, 6.45) is 9.35. The van der Waals surface area contributed by atoms with Crippen molar-refractivity contribution in [1.82, 2.24) is 15.0 Å². The molecule has 7 nitrogen and oxygen atoms in total. The lowest BCUT2D eigenvalue weighted by molar-refractivity contribution is -0.148. The Morgan fingerprint density at radius 2 is 1.68 bits per heavy atom. The first-order valence-electron chi connectivity index (χ1n) is 14.9. The van der Waals surface area contributed by atoms with E-state index in [2.05, 4.69) is 10.3 Å². The molecule has 5 aromatic rings. The summed E-state index contributed by atoms with van der Waals surface area (Å²) in [5.41, 5.74) is 3.78. The number of aromatic nitrogens is 3. The second-order valence-electron chi connectivity index (χ2n) is 11.9. The van der Waals surface area contributed by atoms with Crippen LogP contribution in [0.25, 0.3) is 45.7 Å². The van der Waals surface area contributed by atoms with Crippen molar-refractivity contribution in [2.24, 2.45) is 17.8 Å². The van der Waals surface area contributed by atoms with Crippen molar-refractivity contribution < 1.29 is 23.4 Å². The number of para-hydroxylation sites is 1. The number of ether oxygens (including phenoxy) is 1. The van der Waals surface area contributed by atoms with E-state index < -0.39 is 23.5 Å². The summed E-state index contributed by atoms with van der Waals surface area (Å²) in [5.74, 6) is -0.288. The van der Waals surface area contributed by atoms with Crippen molar-refractivity contribution in [2.45, 2.75) is 31.7 Å². The fourth-order valence-corrected chi connectivity index (χ4v) is 7.24.